The van der Waals surface area contributed by atoms with Gasteiger partial charge >= 0.3 is 103 Å². The summed E-state index contributed by atoms with van der Waals surface area (Å²) in [5.41, 5.74) is 0. The summed E-state index contributed by atoms with van der Waals surface area (Å²) < 4.78 is 8.48. The van der Waals surface area contributed by atoms with Crippen LogP contribution < -0.4 is 113 Å². The van der Waals surface area contributed by atoms with Crippen molar-refractivity contribution in [2.45, 2.75) is 0 Å². The molecule has 24 valence electrons. The van der Waals surface area contributed by atoms with E-state index in [0.717, 1.165) is 0 Å². The fourth-order valence-electron chi connectivity index (χ4n) is 0. The molecule has 0 aliphatic carbocycles. The summed E-state index contributed by atoms with van der Waals surface area (Å²) in [6.07, 6.45) is 0. The zero-order chi connectivity index (χ0) is 3.58. The van der Waals surface area contributed by atoms with Gasteiger partial charge in [-0.3, -0.25) is 0 Å². The first-order chi connectivity index (χ1) is 1.73. The van der Waals surface area contributed by atoms with Crippen molar-refractivity contribution in [3.63, 3.8) is 0 Å². The molecule has 0 amide bonds. The molecule has 0 heterocycles. The summed E-state index contributed by atoms with van der Waals surface area (Å²) in [6, 6.07) is 0. The first-order valence-corrected chi connectivity index (χ1v) is 1.64. The van der Waals surface area contributed by atoms with Gasteiger partial charge in [0.2, 0.25) is 0 Å². The van der Waals surface area contributed by atoms with Crippen molar-refractivity contribution < 1.29 is 117 Å². The van der Waals surface area contributed by atoms with E-state index in [0.29, 0.717) is 0 Å². The van der Waals surface area contributed by atoms with Gasteiger partial charge in [0.15, 0.2) is 0 Å². The van der Waals surface area contributed by atoms with Crippen LogP contribution in [-0.2, 0) is 4.57 Å². The van der Waals surface area contributed by atoms with Gasteiger partial charge in [-0.15, -0.1) is 0 Å². The molecule has 6 heteroatoms. The summed E-state index contributed by atoms with van der Waals surface area (Å²) >= 11 is 0. The average molecular weight is 157 g/mol. The van der Waals surface area contributed by atoms with Crippen LogP contribution >= 0.6 is 8.25 Å². The fourth-order valence-corrected chi connectivity index (χ4v) is 0. The molecule has 0 atom stereocenters. The molecule has 0 saturated carbocycles. The van der Waals surface area contributed by atoms with Crippen molar-refractivity contribution in [2.24, 2.45) is 0 Å². The number of hydrogen-bond acceptors (Lipinski definition) is 3. The van der Waals surface area contributed by atoms with Gasteiger partial charge in [-0.25, -0.2) is 0 Å². The Morgan fingerprint density at radius 3 is 1.17 bits per heavy atom. The van der Waals surface area contributed by atoms with Crippen molar-refractivity contribution in [1.82, 2.24) is 0 Å². The van der Waals surface area contributed by atoms with Gasteiger partial charge in [0.1, 0.15) is 0 Å². The minimum Gasteiger partial charge on any atom is -0.598 e. The van der Waals surface area contributed by atoms with Gasteiger partial charge < -0.3 is 9.79 Å². The van der Waals surface area contributed by atoms with Crippen LogP contribution in [0.4, 0.5) is 0 Å². The molecule has 0 aromatic heterocycles. The van der Waals surface area contributed by atoms with Crippen molar-refractivity contribution >= 4 is 8.25 Å². The molecule has 0 aromatic carbocycles. The molecule has 3 nitrogen and oxygen atoms in total. The van der Waals surface area contributed by atoms with Crippen molar-refractivity contribution in [3.8, 4) is 0 Å². The zero-order valence-corrected chi connectivity index (χ0v) is 10.8. The first-order valence-electron chi connectivity index (χ1n) is 0.548. The van der Waals surface area contributed by atoms with Gasteiger partial charge in [-0.2, -0.15) is 0 Å². The Balaban J connectivity index is -0.0000000450. The van der Waals surface area contributed by atoms with E-state index in [1.807, 2.05) is 0 Å². The molecule has 0 spiro atoms. The molecular formula is K2O3P+. The third-order valence-corrected chi connectivity index (χ3v) is 0. The zero-order valence-electron chi connectivity index (χ0n) is 3.67. The molecule has 0 radical (unpaired) electrons. The van der Waals surface area contributed by atoms with E-state index in [1.165, 1.54) is 0 Å². The van der Waals surface area contributed by atoms with Crippen LogP contribution in [0.1, 0.15) is 0 Å². The van der Waals surface area contributed by atoms with E-state index < -0.39 is 8.25 Å². The Hall–Kier alpha value is 3.29. The Morgan fingerprint density at radius 1 is 1.17 bits per heavy atom. The van der Waals surface area contributed by atoms with Gasteiger partial charge in [0.25, 0.3) is 8.25 Å². The minimum atomic E-state index is -3.37. The van der Waals surface area contributed by atoms with Gasteiger partial charge in [-0.05, 0) is 0 Å². The van der Waals surface area contributed by atoms with E-state index in [1.54, 1.807) is 0 Å². The van der Waals surface area contributed by atoms with Crippen LogP contribution in [0.3, 0.4) is 0 Å². The molecule has 0 aliphatic heterocycles. The molecule has 0 rings (SSSR count). The quantitative estimate of drug-likeness (QED) is 0.259. The first kappa shape index (κ1) is 16.1. The number of rotatable bonds is 0. The molecule has 6 heavy (non-hydrogen) atoms. The maximum absolute atomic E-state index is 8.48. The van der Waals surface area contributed by atoms with E-state index in [4.69, 9.17) is 14.4 Å². The summed E-state index contributed by atoms with van der Waals surface area (Å²) in [5, 5.41) is 0. The number of hydrogen-bond donors (Lipinski definition) is 0. The van der Waals surface area contributed by atoms with E-state index in [9.17, 15) is 0 Å². The van der Waals surface area contributed by atoms with Crippen LogP contribution in [0, 0.1) is 0 Å². The maximum Gasteiger partial charge on any atom is 1.00 e. The Morgan fingerprint density at radius 2 is 1.17 bits per heavy atom. The molecule has 0 fully saturated rings. The molecule has 0 unspecified atom stereocenters. The van der Waals surface area contributed by atoms with Crippen molar-refractivity contribution in [2.75, 3.05) is 0 Å². The van der Waals surface area contributed by atoms with Gasteiger partial charge in [0.05, 0.1) is 0 Å². The molecule has 0 bridgehead atoms. The van der Waals surface area contributed by atoms with Gasteiger partial charge in [-0.1, -0.05) is 4.57 Å². The molecule has 0 aromatic rings. The largest absolute Gasteiger partial charge is 1.00 e. The van der Waals surface area contributed by atoms with Crippen LogP contribution in [0.25, 0.3) is 0 Å². The second-order valence-electron chi connectivity index (χ2n) is 0.224. The normalized spacial score (nSPS) is 4.33. The van der Waals surface area contributed by atoms with Crippen molar-refractivity contribution in [3.05, 3.63) is 0 Å². The van der Waals surface area contributed by atoms with E-state index in [2.05, 4.69) is 0 Å². The second-order valence-corrected chi connectivity index (χ2v) is 0.671. The summed E-state index contributed by atoms with van der Waals surface area (Å²) in [4.78, 5) is 17.0. The fraction of sp³-hybridized carbons (Fsp3) is 0. The summed E-state index contributed by atoms with van der Waals surface area (Å²) in [6.45, 7) is 0. The van der Waals surface area contributed by atoms with Crippen LogP contribution in [0.15, 0.2) is 0 Å². The Labute approximate surface area is 122 Å². The SMILES string of the molecule is O=[P+]([O-])[O-].[K+].[K+]. The summed E-state index contributed by atoms with van der Waals surface area (Å²) in [7, 11) is -3.37. The molecule has 0 saturated heterocycles. The average Bonchev–Trinajstić information content (AvgIpc) is 0.811. The third kappa shape index (κ3) is 26.6. The predicted octanol–water partition coefficient (Wildman–Crippen LogP) is -7.63. The van der Waals surface area contributed by atoms with E-state index in [-0.39, 0.29) is 103 Å². The topological polar surface area (TPSA) is 63.2 Å². The van der Waals surface area contributed by atoms with Crippen LogP contribution in [-0.4, -0.2) is 0 Å². The van der Waals surface area contributed by atoms with Crippen molar-refractivity contribution in [1.29, 1.82) is 0 Å². The monoisotopic (exact) mass is 157 g/mol. The standard InChI is InChI=1S/2K.HO3P/c;;1-4(2)3/h;;(H,1,2,3)/q2*+1;/p-1. The second kappa shape index (κ2) is 11.1. The summed E-state index contributed by atoms with van der Waals surface area (Å²) in [5.74, 6) is 0. The Bertz CT molecular complexity index is 31.8. The Kier molecular flexibility index (Phi) is 30.0. The smallest absolute Gasteiger partial charge is 0.598 e. The van der Waals surface area contributed by atoms with Crippen LogP contribution in [0.5, 0.6) is 0 Å². The minimum absolute atomic E-state index is 0. The molecule has 0 N–H and O–H groups in total. The van der Waals surface area contributed by atoms with Gasteiger partial charge in [0, 0.05) is 0 Å². The third-order valence-electron chi connectivity index (χ3n) is 0. The van der Waals surface area contributed by atoms with E-state index >= 15 is 0 Å². The molecule has 0 aliphatic rings. The molecular weight excluding hydrogens is 157 g/mol. The maximum atomic E-state index is 8.48. The predicted molar refractivity (Wildman–Crippen MR) is 7.61 cm³/mol. The van der Waals surface area contributed by atoms with Crippen LogP contribution in [0.2, 0.25) is 0 Å².